The third kappa shape index (κ3) is 3.61. The van der Waals surface area contributed by atoms with Crippen LogP contribution in [0.4, 0.5) is 0 Å². The third-order valence-electron chi connectivity index (χ3n) is 4.55. The fourth-order valence-electron chi connectivity index (χ4n) is 3.26. The zero-order valence-corrected chi connectivity index (χ0v) is 15.5. The zero-order valence-electron chi connectivity index (χ0n) is 14.0. The molecule has 0 bridgehead atoms. The van der Waals surface area contributed by atoms with Gasteiger partial charge in [-0.1, -0.05) is 17.7 Å². The summed E-state index contributed by atoms with van der Waals surface area (Å²) in [6.45, 7) is 5.47. The fraction of sp³-hybridized carbons (Fsp3) is 0.389. The van der Waals surface area contributed by atoms with Crippen molar-refractivity contribution in [1.29, 1.82) is 0 Å². The van der Waals surface area contributed by atoms with Gasteiger partial charge < -0.3 is 15.2 Å². The van der Waals surface area contributed by atoms with Crippen LogP contribution in [0.5, 0.6) is 0 Å². The van der Waals surface area contributed by atoms with Crippen LogP contribution in [0.1, 0.15) is 34.6 Å². The van der Waals surface area contributed by atoms with Crippen molar-refractivity contribution in [2.75, 3.05) is 13.1 Å². The third-order valence-corrected chi connectivity index (χ3v) is 4.79. The first-order valence-electron chi connectivity index (χ1n) is 7.97. The fourth-order valence-corrected chi connectivity index (χ4v) is 3.45. The lowest BCUT2D eigenvalue weighted by Gasteiger charge is -2.30. The number of nitrogens with zero attached hydrogens (tertiary/aromatic N) is 2. The molecule has 0 spiro atoms. The van der Waals surface area contributed by atoms with E-state index < -0.39 is 0 Å². The number of halogens is 2. The molecule has 0 radical (unpaired) electrons. The van der Waals surface area contributed by atoms with Gasteiger partial charge in [-0.05, 0) is 51.0 Å². The molecule has 0 atom stereocenters. The molecule has 4 nitrogen and oxygen atoms in total. The summed E-state index contributed by atoms with van der Waals surface area (Å²) in [4.78, 5) is 14.7. The van der Waals surface area contributed by atoms with Gasteiger partial charge in [-0.15, -0.1) is 12.4 Å². The summed E-state index contributed by atoms with van der Waals surface area (Å²) in [6, 6.07) is 9.87. The van der Waals surface area contributed by atoms with E-state index in [0.29, 0.717) is 5.02 Å². The topological polar surface area (TPSA) is 51.3 Å². The molecule has 1 aliphatic rings. The van der Waals surface area contributed by atoms with Crippen molar-refractivity contribution >= 4 is 29.9 Å². The second kappa shape index (κ2) is 7.60. The van der Waals surface area contributed by atoms with Crippen molar-refractivity contribution in [3.05, 3.63) is 52.3 Å². The van der Waals surface area contributed by atoms with Crippen molar-refractivity contribution in [3.63, 3.8) is 0 Å². The van der Waals surface area contributed by atoms with Gasteiger partial charge in [0, 0.05) is 41.2 Å². The molecule has 1 aliphatic heterocycles. The number of rotatable bonds is 2. The molecule has 1 amide bonds. The number of aryl methyl sites for hydroxylation is 1. The number of likely N-dealkylation sites (tertiary alicyclic amines) is 1. The summed E-state index contributed by atoms with van der Waals surface area (Å²) >= 11 is 6.10. The average molecular weight is 368 g/mol. The predicted octanol–water partition coefficient (Wildman–Crippen LogP) is 3.73. The lowest BCUT2D eigenvalue weighted by atomic mass is 10.1. The van der Waals surface area contributed by atoms with Gasteiger partial charge in [0.25, 0.3) is 5.91 Å². The molecule has 1 saturated heterocycles. The van der Waals surface area contributed by atoms with Gasteiger partial charge >= 0.3 is 0 Å². The van der Waals surface area contributed by atoms with E-state index in [4.69, 9.17) is 17.3 Å². The number of nitrogens with two attached hydrogens (primary N) is 1. The summed E-state index contributed by atoms with van der Waals surface area (Å²) in [5.41, 5.74) is 9.65. The highest BCUT2D eigenvalue weighted by Gasteiger charge is 2.25. The number of benzene rings is 1. The minimum atomic E-state index is 0. The van der Waals surface area contributed by atoms with Gasteiger partial charge in [-0.2, -0.15) is 0 Å². The van der Waals surface area contributed by atoms with E-state index in [0.717, 1.165) is 48.6 Å². The molecule has 1 aromatic carbocycles. The van der Waals surface area contributed by atoms with Gasteiger partial charge in [0.2, 0.25) is 0 Å². The first-order chi connectivity index (χ1) is 11.0. The van der Waals surface area contributed by atoms with Crippen LogP contribution in [0.15, 0.2) is 30.3 Å². The zero-order chi connectivity index (χ0) is 16.6. The van der Waals surface area contributed by atoms with Gasteiger partial charge in [-0.3, -0.25) is 4.79 Å². The summed E-state index contributed by atoms with van der Waals surface area (Å²) in [5, 5.41) is 0.688. The van der Waals surface area contributed by atoms with E-state index in [1.165, 1.54) is 0 Å². The molecule has 1 fully saturated rings. The molecule has 0 aliphatic carbocycles. The van der Waals surface area contributed by atoms with Crippen LogP contribution in [0, 0.1) is 13.8 Å². The Hall–Kier alpha value is -1.49. The predicted molar refractivity (Wildman–Crippen MR) is 101 cm³/mol. The number of aromatic nitrogens is 1. The smallest absolute Gasteiger partial charge is 0.255 e. The van der Waals surface area contributed by atoms with E-state index in [2.05, 4.69) is 4.57 Å². The largest absolute Gasteiger partial charge is 0.338 e. The Morgan fingerprint density at radius 1 is 1.21 bits per heavy atom. The number of hydrogen-bond donors (Lipinski definition) is 1. The average Bonchev–Trinajstić information content (AvgIpc) is 2.82. The second-order valence-electron chi connectivity index (χ2n) is 6.23. The second-order valence-corrected chi connectivity index (χ2v) is 6.67. The SMILES string of the molecule is Cc1cc(C(=O)N2CCC(N)CC2)c(C)n1-c1cccc(Cl)c1.Cl. The van der Waals surface area contributed by atoms with Crippen LogP contribution >= 0.6 is 24.0 Å². The van der Waals surface area contributed by atoms with E-state index in [1.807, 2.05) is 49.1 Å². The first kappa shape index (κ1) is 18.8. The Balaban J connectivity index is 0.00000208. The van der Waals surface area contributed by atoms with Crippen LogP contribution in [0.2, 0.25) is 5.02 Å². The molecular weight excluding hydrogens is 345 g/mol. The van der Waals surface area contributed by atoms with E-state index in [-0.39, 0.29) is 24.4 Å². The standard InChI is InChI=1S/C18H22ClN3O.ClH/c1-12-10-17(18(23)21-8-6-15(20)7-9-21)13(2)22(12)16-5-3-4-14(19)11-16;/h3-5,10-11,15H,6-9,20H2,1-2H3;1H. The molecule has 2 heterocycles. The summed E-state index contributed by atoms with van der Waals surface area (Å²) in [5.74, 6) is 0.0956. The molecular formula is C18H23Cl2N3O. The van der Waals surface area contributed by atoms with Crippen LogP contribution in [0.25, 0.3) is 5.69 Å². The lowest BCUT2D eigenvalue weighted by molar-refractivity contribution is 0.0714. The molecule has 6 heteroatoms. The highest BCUT2D eigenvalue weighted by molar-refractivity contribution is 6.30. The van der Waals surface area contributed by atoms with Gasteiger partial charge in [0.05, 0.1) is 5.56 Å². The minimum absolute atomic E-state index is 0. The number of amides is 1. The first-order valence-corrected chi connectivity index (χ1v) is 8.35. The summed E-state index contributed by atoms with van der Waals surface area (Å²) in [7, 11) is 0. The quantitative estimate of drug-likeness (QED) is 0.878. The van der Waals surface area contributed by atoms with Crippen molar-refractivity contribution < 1.29 is 4.79 Å². The van der Waals surface area contributed by atoms with Crippen LogP contribution < -0.4 is 5.73 Å². The Morgan fingerprint density at radius 2 is 1.88 bits per heavy atom. The lowest BCUT2D eigenvalue weighted by Crippen LogP contribution is -2.42. The van der Waals surface area contributed by atoms with E-state index in [1.54, 1.807) is 0 Å². The number of carbonyl (C=O) groups is 1. The maximum atomic E-state index is 12.8. The van der Waals surface area contributed by atoms with Gasteiger partial charge in [0.15, 0.2) is 0 Å². The molecule has 130 valence electrons. The maximum absolute atomic E-state index is 12.8. The molecule has 2 N–H and O–H groups in total. The molecule has 3 rings (SSSR count). The Bertz CT molecular complexity index is 734. The molecule has 1 aromatic heterocycles. The van der Waals surface area contributed by atoms with Crippen molar-refractivity contribution in [1.82, 2.24) is 9.47 Å². The van der Waals surface area contributed by atoms with E-state index >= 15 is 0 Å². The van der Waals surface area contributed by atoms with Gasteiger partial charge in [0.1, 0.15) is 0 Å². The number of carbonyl (C=O) groups excluding carboxylic acids is 1. The number of hydrogen-bond acceptors (Lipinski definition) is 2. The Morgan fingerprint density at radius 3 is 2.50 bits per heavy atom. The molecule has 0 unspecified atom stereocenters. The van der Waals surface area contributed by atoms with Gasteiger partial charge in [-0.25, -0.2) is 0 Å². The summed E-state index contributed by atoms with van der Waals surface area (Å²) < 4.78 is 2.08. The minimum Gasteiger partial charge on any atom is -0.338 e. The van der Waals surface area contributed by atoms with E-state index in [9.17, 15) is 4.79 Å². The van der Waals surface area contributed by atoms with Crippen molar-refractivity contribution in [2.24, 2.45) is 5.73 Å². The summed E-state index contributed by atoms with van der Waals surface area (Å²) in [6.07, 6.45) is 1.75. The van der Waals surface area contributed by atoms with Crippen LogP contribution in [-0.4, -0.2) is 34.5 Å². The molecule has 0 saturated carbocycles. The highest BCUT2D eigenvalue weighted by Crippen LogP contribution is 2.24. The van der Waals surface area contributed by atoms with Crippen LogP contribution in [-0.2, 0) is 0 Å². The number of piperidine rings is 1. The Labute approximate surface area is 154 Å². The maximum Gasteiger partial charge on any atom is 0.255 e. The molecule has 24 heavy (non-hydrogen) atoms. The normalized spacial score (nSPS) is 15.2. The van der Waals surface area contributed by atoms with Crippen molar-refractivity contribution in [3.8, 4) is 5.69 Å². The highest BCUT2D eigenvalue weighted by atomic mass is 35.5. The Kier molecular flexibility index (Phi) is 5.97. The monoisotopic (exact) mass is 367 g/mol. The van der Waals surface area contributed by atoms with Crippen LogP contribution in [0.3, 0.4) is 0 Å². The van der Waals surface area contributed by atoms with Crippen molar-refractivity contribution in [2.45, 2.75) is 32.7 Å². The molecule has 2 aromatic rings.